The molecule has 0 bridgehead atoms. The first-order chi connectivity index (χ1) is 9.66. The third-order valence-corrected chi connectivity index (χ3v) is 3.76. The molecule has 2 aromatic heterocycles. The van der Waals surface area contributed by atoms with Crippen molar-refractivity contribution < 1.29 is 0 Å². The second-order valence-corrected chi connectivity index (χ2v) is 5.74. The molecule has 0 spiro atoms. The van der Waals surface area contributed by atoms with E-state index >= 15 is 0 Å². The van der Waals surface area contributed by atoms with Gasteiger partial charge in [-0.05, 0) is 46.3 Å². The minimum absolute atomic E-state index is 0.480. The van der Waals surface area contributed by atoms with Crippen LogP contribution in [-0.2, 0) is 0 Å². The summed E-state index contributed by atoms with van der Waals surface area (Å²) in [5.74, 6) is 0.664. The lowest BCUT2D eigenvalue weighted by Gasteiger charge is -2.08. The number of nitrogens with zero attached hydrogens (tertiary/aromatic N) is 3. The summed E-state index contributed by atoms with van der Waals surface area (Å²) in [6.45, 7) is 0. The zero-order valence-corrected chi connectivity index (χ0v) is 13.2. The lowest BCUT2D eigenvalue weighted by atomic mass is 10.2. The number of hydrogen-bond donors (Lipinski definition) is 1. The standard InChI is InChI=1S/C13H8BrClN4S/c14-9-5-8(6-16-7-9)12-17-18-13(20)19(12)11-4-2-1-3-10(11)15/h1-7H,(H,18,20). The van der Waals surface area contributed by atoms with Gasteiger partial charge in [-0.3, -0.25) is 14.6 Å². The maximum absolute atomic E-state index is 6.24. The molecule has 7 heteroatoms. The number of nitrogens with one attached hydrogen (secondary N) is 1. The van der Waals surface area contributed by atoms with Crippen LogP contribution in [0, 0.1) is 4.77 Å². The van der Waals surface area contributed by atoms with E-state index in [1.165, 1.54) is 0 Å². The van der Waals surface area contributed by atoms with Crippen LogP contribution < -0.4 is 0 Å². The first-order valence-electron chi connectivity index (χ1n) is 5.70. The van der Waals surface area contributed by atoms with E-state index in [-0.39, 0.29) is 0 Å². The molecular weight excluding hydrogens is 360 g/mol. The van der Waals surface area contributed by atoms with Crippen molar-refractivity contribution in [2.75, 3.05) is 0 Å². The number of hydrogen-bond acceptors (Lipinski definition) is 3. The first-order valence-corrected chi connectivity index (χ1v) is 7.28. The Morgan fingerprint density at radius 2 is 2.05 bits per heavy atom. The highest BCUT2D eigenvalue weighted by molar-refractivity contribution is 9.10. The van der Waals surface area contributed by atoms with E-state index in [9.17, 15) is 0 Å². The van der Waals surface area contributed by atoms with Gasteiger partial charge in [0.25, 0.3) is 0 Å². The van der Waals surface area contributed by atoms with Crippen molar-refractivity contribution in [3.63, 3.8) is 0 Å². The second-order valence-electron chi connectivity index (χ2n) is 4.03. The molecule has 0 saturated carbocycles. The van der Waals surface area contributed by atoms with Crippen molar-refractivity contribution >= 4 is 39.7 Å². The fraction of sp³-hybridized carbons (Fsp3) is 0. The highest BCUT2D eigenvalue weighted by Gasteiger charge is 2.13. The van der Waals surface area contributed by atoms with Gasteiger partial charge in [-0.15, -0.1) is 0 Å². The van der Waals surface area contributed by atoms with Crippen LogP contribution in [0.2, 0.25) is 5.02 Å². The summed E-state index contributed by atoms with van der Waals surface area (Å²) in [7, 11) is 0. The predicted octanol–water partition coefficient (Wildman–Crippen LogP) is 4.41. The summed E-state index contributed by atoms with van der Waals surface area (Å²) >= 11 is 14.9. The number of benzene rings is 1. The predicted molar refractivity (Wildman–Crippen MR) is 84.7 cm³/mol. The monoisotopic (exact) mass is 366 g/mol. The quantitative estimate of drug-likeness (QED) is 0.683. The molecule has 4 nitrogen and oxygen atoms in total. The van der Waals surface area contributed by atoms with Gasteiger partial charge in [-0.25, -0.2) is 0 Å². The third-order valence-electron chi connectivity index (χ3n) is 2.73. The number of pyridine rings is 1. The van der Waals surface area contributed by atoms with E-state index in [1.54, 1.807) is 17.0 Å². The Balaban J connectivity index is 2.26. The van der Waals surface area contributed by atoms with Crippen molar-refractivity contribution in [3.8, 4) is 17.1 Å². The van der Waals surface area contributed by atoms with Gasteiger partial charge in [0, 0.05) is 22.4 Å². The number of halogens is 2. The molecular formula is C13H8BrClN4S. The Morgan fingerprint density at radius 1 is 1.25 bits per heavy atom. The number of aromatic amines is 1. The molecule has 0 saturated heterocycles. The SMILES string of the molecule is S=c1[nH]nc(-c2cncc(Br)c2)n1-c1ccccc1Cl. The van der Waals surface area contributed by atoms with Crippen LogP contribution in [0.25, 0.3) is 17.1 Å². The number of aromatic nitrogens is 4. The Hall–Kier alpha value is -1.50. The molecule has 3 rings (SSSR count). The van der Waals surface area contributed by atoms with Gasteiger partial charge in [-0.1, -0.05) is 23.7 Å². The summed E-state index contributed by atoms with van der Waals surface area (Å²) in [5, 5.41) is 7.67. The molecule has 20 heavy (non-hydrogen) atoms. The van der Waals surface area contributed by atoms with Gasteiger partial charge in [0.1, 0.15) is 0 Å². The summed E-state index contributed by atoms with van der Waals surface area (Å²) in [6.07, 6.45) is 3.44. The number of H-pyrrole nitrogens is 1. The lowest BCUT2D eigenvalue weighted by Crippen LogP contribution is -1.98. The summed E-state index contributed by atoms with van der Waals surface area (Å²) in [6, 6.07) is 9.40. The number of para-hydroxylation sites is 1. The minimum atomic E-state index is 0.480. The first kappa shape index (κ1) is 13.5. The number of rotatable bonds is 2. The van der Waals surface area contributed by atoms with Crippen LogP contribution in [0.1, 0.15) is 0 Å². The van der Waals surface area contributed by atoms with Crippen LogP contribution in [-0.4, -0.2) is 19.7 Å². The van der Waals surface area contributed by atoms with Gasteiger partial charge >= 0.3 is 0 Å². The molecule has 0 fully saturated rings. The van der Waals surface area contributed by atoms with Crippen molar-refractivity contribution in [3.05, 3.63) is 57.0 Å². The maximum atomic E-state index is 6.24. The van der Waals surface area contributed by atoms with E-state index in [4.69, 9.17) is 23.8 Å². The van der Waals surface area contributed by atoms with Crippen LogP contribution in [0.3, 0.4) is 0 Å². The molecule has 3 aromatic rings. The Bertz CT molecular complexity index is 827. The smallest absolute Gasteiger partial charge is 0.200 e. The molecule has 0 amide bonds. The lowest BCUT2D eigenvalue weighted by molar-refractivity contribution is 1.03. The van der Waals surface area contributed by atoms with Crippen molar-refractivity contribution in [1.82, 2.24) is 19.7 Å². The Kier molecular flexibility index (Phi) is 3.69. The normalized spacial score (nSPS) is 10.7. The molecule has 0 radical (unpaired) electrons. The average molecular weight is 368 g/mol. The maximum Gasteiger partial charge on any atom is 0.200 e. The molecule has 0 unspecified atom stereocenters. The minimum Gasteiger partial charge on any atom is -0.267 e. The fourth-order valence-electron chi connectivity index (χ4n) is 1.88. The molecule has 0 aliphatic rings. The summed E-state index contributed by atoms with van der Waals surface area (Å²) in [5.41, 5.74) is 1.62. The molecule has 0 aliphatic heterocycles. The van der Waals surface area contributed by atoms with Gasteiger partial charge in [-0.2, -0.15) is 5.10 Å². The summed E-state index contributed by atoms with van der Waals surface area (Å²) < 4.78 is 3.14. The topological polar surface area (TPSA) is 46.5 Å². The molecule has 1 aromatic carbocycles. The Morgan fingerprint density at radius 3 is 2.80 bits per heavy atom. The van der Waals surface area contributed by atoms with Gasteiger partial charge < -0.3 is 0 Å². The van der Waals surface area contributed by atoms with E-state index in [2.05, 4.69) is 31.1 Å². The zero-order valence-electron chi connectivity index (χ0n) is 10.0. The van der Waals surface area contributed by atoms with Crippen molar-refractivity contribution in [2.24, 2.45) is 0 Å². The highest BCUT2D eigenvalue weighted by atomic mass is 79.9. The van der Waals surface area contributed by atoms with Crippen LogP contribution in [0.5, 0.6) is 0 Å². The molecule has 1 N–H and O–H groups in total. The van der Waals surface area contributed by atoms with E-state index in [0.717, 1.165) is 15.7 Å². The Labute approximate surface area is 133 Å². The van der Waals surface area contributed by atoms with Crippen LogP contribution in [0.4, 0.5) is 0 Å². The largest absolute Gasteiger partial charge is 0.267 e. The van der Waals surface area contributed by atoms with Gasteiger partial charge in [0.15, 0.2) is 10.6 Å². The van der Waals surface area contributed by atoms with Crippen molar-refractivity contribution in [1.29, 1.82) is 0 Å². The average Bonchev–Trinajstić information content (AvgIpc) is 2.81. The molecule has 0 atom stereocenters. The zero-order chi connectivity index (χ0) is 14.1. The van der Waals surface area contributed by atoms with Crippen LogP contribution >= 0.6 is 39.7 Å². The van der Waals surface area contributed by atoms with E-state index in [1.807, 2.05) is 30.3 Å². The highest BCUT2D eigenvalue weighted by Crippen LogP contribution is 2.27. The summed E-state index contributed by atoms with van der Waals surface area (Å²) in [4.78, 5) is 4.15. The van der Waals surface area contributed by atoms with Gasteiger partial charge in [0.05, 0.1) is 10.7 Å². The van der Waals surface area contributed by atoms with Crippen LogP contribution in [0.15, 0.2) is 47.2 Å². The molecule has 100 valence electrons. The molecule has 0 aliphatic carbocycles. The third kappa shape index (κ3) is 2.42. The van der Waals surface area contributed by atoms with E-state index in [0.29, 0.717) is 15.6 Å². The van der Waals surface area contributed by atoms with E-state index < -0.39 is 0 Å². The fourth-order valence-corrected chi connectivity index (χ4v) is 2.70. The second kappa shape index (κ2) is 5.47. The van der Waals surface area contributed by atoms with Gasteiger partial charge in [0.2, 0.25) is 0 Å². The van der Waals surface area contributed by atoms with Crippen molar-refractivity contribution in [2.45, 2.75) is 0 Å². The molecule has 2 heterocycles.